The average molecular weight is 1070 g/mol. The van der Waals surface area contributed by atoms with Gasteiger partial charge in [-0.15, -0.1) is 0 Å². The average Bonchev–Trinajstić information content (AvgIpc) is 2.90. The van der Waals surface area contributed by atoms with Gasteiger partial charge in [-0.1, -0.05) is 273 Å². The van der Waals surface area contributed by atoms with Crippen molar-refractivity contribution in [3.8, 4) is 56.4 Å². The first kappa shape index (κ1) is 46.5. The van der Waals surface area contributed by atoms with E-state index in [9.17, 15) is 0 Å². The minimum absolute atomic E-state index is 0.911. The molecule has 0 fully saturated rings. The Labute approximate surface area is 483 Å². The predicted molar refractivity (Wildman–Crippen MR) is 355 cm³/mol. The number of hydrogen-bond donors (Lipinski definition) is 0. The van der Waals surface area contributed by atoms with Gasteiger partial charge >= 0.3 is 0 Å². The van der Waals surface area contributed by atoms with Crippen molar-refractivity contribution in [3.05, 3.63) is 291 Å². The molecule has 0 unspecified atom stereocenters. The summed E-state index contributed by atoms with van der Waals surface area (Å²) >= 11 is 0. The highest BCUT2D eigenvalue weighted by Gasteiger charge is 2.25. The third-order valence-electron chi connectivity index (χ3n) is 17.8. The molecule has 0 aliphatic heterocycles. The topological polar surface area (TPSA) is 35.6 Å². The summed E-state index contributed by atoms with van der Waals surface area (Å²) in [5.74, 6) is 1.82. The Bertz CT molecular complexity index is 5790. The van der Waals surface area contributed by atoms with Crippen LogP contribution in [0.3, 0.4) is 0 Å². The van der Waals surface area contributed by atoms with Crippen LogP contribution in [0.2, 0.25) is 0 Å². The van der Waals surface area contributed by atoms with Crippen LogP contribution in [0, 0.1) is 0 Å². The van der Waals surface area contributed by atoms with E-state index in [0.29, 0.717) is 0 Å². The van der Waals surface area contributed by atoms with E-state index in [1.54, 1.807) is 0 Å². The quantitative estimate of drug-likeness (QED) is 0.156. The normalized spacial score (nSPS) is 12.0. The van der Waals surface area contributed by atoms with Crippen molar-refractivity contribution in [1.29, 1.82) is 0 Å². The number of benzene rings is 16. The molecule has 18 rings (SSSR count). The van der Waals surface area contributed by atoms with Crippen LogP contribution >= 0.6 is 0 Å². The molecule has 2 aromatic heterocycles. The van der Waals surface area contributed by atoms with Crippen molar-refractivity contribution in [2.24, 2.45) is 0 Å². The zero-order valence-corrected chi connectivity index (χ0v) is 45.5. The predicted octanol–water partition coefficient (Wildman–Crippen LogP) is 21.4. The molecule has 0 aliphatic rings. The van der Waals surface area contributed by atoms with Crippen LogP contribution in [-0.4, -0.2) is 19.1 Å². The van der Waals surface area contributed by atoms with Gasteiger partial charge in [0, 0.05) is 43.4 Å². The zero-order valence-electron chi connectivity index (χ0n) is 45.5. The Kier molecular flexibility index (Phi) is 10.1. The molecule has 0 atom stereocenters. The van der Waals surface area contributed by atoms with Crippen LogP contribution in [0.5, 0.6) is 0 Å². The van der Waals surface area contributed by atoms with E-state index >= 15 is 0 Å². The highest BCUT2D eigenvalue weighted by molar-refractivity contribution is 6.26. The largest absolute Gasteiger partial charge is 0.291 e. The Balaban J connectivity index is 0.752. The van der Waals surface area contributed by atoms with E-state index in [0.717, 1.165) is 83.7 Å². The fourth-order valence-corrected chi connectivity index (χ4v) is 14.0. The molecule has 0 amide bonds. The van der Waals surface area contributed by atoms with Gasteiger partial charge in [0.25, 0.3) is 0 Å². The van der Waals surface area contributed by atoms with Gasteiger partial charge < -0.3 is 0 Å². The molecule has 16 aromatic carbocycles. The molecule has 84 heavy (non-hydrogen) atoms. The molecule has 0 saturated heterocycles. The summed E-state index contributed by atoms with van der Waals surface area (Å²) in [5, 5.41) is 21.6. The van der Waals surface area contributed by atoms with E-state index in [1.165, 1.54) is 91.7 Å². The molecule has 0 N–H and O–H groups in total. The lowest BCUT2D eigenvalue weighted by Crippen LogP contribution is -2.00. The maximum atomic E-state index is 5.67. The Morgan fingerprint density at radius 3 is 0.988 bits per heavy atom. The fourth-order valence-electron chi connectivity index (χ4n) is 14.0. The van der Waals surface area contributed by atoms with Gasteiger partial charge in [-0.3, -0.25) is 9.13 Å². The number of rotatable bonds is 6. The minimum Gasteiger partial charge on any atom is -0.291 e. The molecule has 0 spiro atoms. The maximum Gasteiger partial charge on any atom is 0.145 e. The molecule has 0 aliphatic carbocycles. The minimum atomic E-state index is 0.911. The van der Waals surface area contributed by atoms with Crippen molar-refractivity contribution >= 4 is 119 Å². The van der Waals surface area contributed by atoms with Crippen LogP contribution in [0.25, 0.3) is 175 Å². The molecule has 0 saturated carbocycles. The monoisotopic (exact) mass is 1060 g/mol. The van der Waals surface area contributed by atoms with Gasteiger partial charge in [0.1, 0.15) is 11.6 Å². The van der Waals surface area contributed by atoms with E-state index in [1.807, 2.05) is 0 Å². The number of aromatic nitrogens is 4. The van der Waals surface area contributed by atoms with E-state index < -0.39 is 0 Å². The van der Waals surface area contributed by atoms with E-state index in [4.69, 9.17) is 9.97 Å². The number of hydrogen-bond acceptors (Lipinski definition) is 2. The molecule has 4 nitrogen and oxygen atoms in total. The summed E-state index contributed by atoms with van der Waals surface area (Å²) in [5.41, 5.74) is 13.2. The van der Waals surface area contributed by atoms with Crippen molar-refractivity contribution in [2.75, 3.05) is 0 Å². The molecule has 388 valence electrons. The lowest BCUT2D eigenvalue weighted by molar-refractivity contribution is 1.12. The van der Waals surface area contributed by atoms with Gasteiger partial charge in [0.05, 0.1) is 33.4 Å². The number of nitrogens with zero attached hydrogens (tertiary/aromatic N) is 4. The maximum absolute atomic E-state index is 5.67. The van der Waals surface area contributed by atoms with Crippen LogP contribution in [0.15, 0.2) is 291 Å². The SMILES string of the molecule is c1cc(-c2ccc(-c3nc4c5ccccc5c5ccccc5c4n3-c3cc4ccccc4c4ccccc34)cc2)c2ccc(-c3ccc(-c4nc5c6ccccc6c6ccccc6c5n4-c4cc5ccccc5c5ccccc45)cc3)cc2c1. The molecule has 0 bridgehead atoms. The lowest BCUT2D eigenvalue weighted by atomic mass is 9.94. The van der Waals surface area contributed by atoms with Gasteiger partial charge in [0.15, 0.2) is 0 Å². The standard InChI is InChI=1S/C80H48N4/c1-3-21-58-55(18-1)47-73(67-29-11-5-23-61(58)67)83-77-71-33-15-9-27-65(71)63-25-7-13-31-69(63)75(77)81-79(83)51-40-36-49(37-41-51)53-44-45-60-54(46-53)20-17-35-57(60)50-38-42-52(43-39-50)80-82-76-70-32-14-8-26-64(70)66-28-10-16-34-72(66)78(76)84(80)74-48-56-19-2-4-22-59(56)62-24-6-12-30-68(62)74/h1-48H. The second-order valence-corrected chi connectivity index (χ2v) is 22.3. The summed E-state index contributed by atoms with van der Waals surface area (Å²) in [6.07, 6.45) is 0. The Morgan fingerprint density at radius 2 is 0.524 bits per heavy atom. The molecule has 4 heteroatoms. The summed E-state index contributed by atoms with van der Waals surface area (Å²) in [6.45, 7) is 0. The smallest absolute Gasteiger partial charge is 0.145 e. The van der Waals surface area contributed by atoms with Crippen molar-refractivity contribution < 1.29 is 0 Å². The summed E-state index contributed by atoms with van der Waals surface area (Å²) in [4.78, 5) is 11.3. The molecule has 0 radical (unpaired) electrons. The first-order valence-electron chi connectivity index (χ1n) is 28.9. The van der Waals surface area contributed by atoms with Gasteiger partial charge in [-0.05, 0) is 105 Å². The van der Waals surface area contributed by atoms with Crippen molar-refractivity contribution in [1.82, 2.24) is 19.1 Å². The second-order valence-electron chi connectivity index (χ2n) is 22.3. The van der Waals surface area contributed by atoms with Crippen molar-refractivity contribution in [3.63, 3.8) is 0 Å². The molecular weight excluding hydrogens is 1020 g/mol. The van der Waals surface area contributed by atoms with Crippen LogP contribution in [0.1, 0.15) is 0 Å². The lowest BCUT2D eigenvalue weighted by Gasteiger charge is -2.17. The summed E-state index contributed by atoms with van der Waals surface area (Å²) in [7, 11) is 0. The summed E-state index contributed by atoms with van der Waals surface area (Å²) < 4.78 is 4.87. The van der Waals surface area contributed by atoms with Crippen LogP contribution in [0.4, 0.5) is 0 Å². The molecule has 18 aromatic rings. The van der Waals surface area contributed by atoms with Crippen LogP contribution in [-0.2, 0) is 0 Å². The highest BCUT2D eigenvalue weighted by atomic mass is 15.1. The highest BCUT2D eigenvalue weighted by Crippen LogP contribution is 2.45. The first-order chi connectivity index (χ1) is 41.7. The number of fused-ring (bicyclic) bond motifs is 19. The van der Waals surface area contributed by atoms with E-state index in [-0.39, 0.29) is 0 Å². The Hall–Kier alpha value is -11.2. The first-order valence-corrected chi connectivity index (χ1v) is 28.9. The van der Waals surface area contributed by atoms with E-state index in [2.05, 4.69) is 300 Å². The van der Waals surface area contributed by atoms with Crippen molar-refractivity contribution in [2.45, 2.75) is 0 Å². The molecule has 2 heterocycles. The Morgan fingerprint density at radius 1 is 0.202 bits per heavy atom. The third-order valence-corrected chi connectivity index (χ3v) is 17.8. The van der Waals surface area contributed by atoms with Gasteiger partial charge in [-0.2, -0.15) is 0 Å². The third kappa shape index (κ3) is 6.89. The molecular formula is C80H48N4. The number of imidazole rings is 2. The zero-order chi connectivity index (χ0) is 55.0. The van der Waals surface area contributed by atoms with Crippen LogP contribution < -0.4 is 0 Å². The van der Waals surface area contributed by atoms with Gasteiger partial charge in [-0.25, -0.2) is 9.97 Å². The van der Waals surface area contributed by atoms with Gasteiger partial charge in [0.2, 0.25) is 0 Å². The summed E-state index contributed by atoms with van der Waals surface area (Å²) in [6, 6.07) is 107. The fraction of sp³-hybridized carbons (Fsp3) is 0. The second kappa shape index (κ2) is 18.2.